The molecular formula is C15H10Cl2F3N5OS. The fraction of sp³-hybridized carbons (Fsp3) is 0.0667. The zero-order valence-electron chi connectivity index (χ0n) is 13.1. The van der Waals surface area contributed by atoms with Gasteiger partial charge in [0.25, 0.3) is 0 Å². The maximum atomic E-state index is 12.9. The molecule has 3 aromatic rings. The number of hydrogen-bond donors (Lipinski definition) is 3. The minimum absolute atomic E-state index is 0.00212. The number of benzene rings is 2. The molecule has 0 bridgehead atoms. The van der Waals surface area contributed by atoms with Crippen LogP contribution < -0.4 is 11.1 Å². The summed E-state index contributed by atoms with van der Waals surface area (Å²) in [5.41, 5.74) is 4.89. The number of halogens is 5. The molecule has 0 aliphatic carbocycles. The van der Waals surface area contributed by atoms with E-state index in [0.29, 0.717) is 5.69 Å². The van der Waals surface area contributed by atoms with E-state index in [1.807, 2.05) is 0 Å². The van der Waals surface area contributed by atoms with Crippen LogP contribution in [0.2, 0.25) is 10.0 Å². The molecule has 2 aromatic carbocycles. The second-order valence-electron chi connectivity index (χ2n) is 5.23. The summed E-state index contributed by atoms with van der Waals surface area (Å²) in [5, 5.41) is 9.02. The lowest BCUT2D eigenvalue weighted by molar-refractivity contribution is -0.137. The lowest BCUT2D eigenvalue weighted by atomic mass is 10.2. The largest absolute Gasteiger partial charge is 0.416 e. The third-order valence-electron chi connectivity index (χ3n) is 3.32. The summed E-state index contributed by atoms with van der Waals surface area (Å²) in [5.74, 6) is 0.253. The van der Waals surface area contributed by atoms with Crippen LogP contribution in [-0.2, 0) is 17.0 Å². The van der Waals surface area contributed by atoms with Gasteiger partial charge in [-0.1, -0.05) is 29.3 Å². The van der Waals surface area contributed by atoms with Crippen molar-refractivity contribution in [2.45, 2.75) is 16.0 Å². The average molecular weight is 436 g/mol. The lowest BCUT2D eigenvalue weighted by Gasteiger charge is -2.12. The number of H-pyrrole nitrogens is 1. The van der Waals surface area contributed by atoms with Gasteiger partial charge in [0.15, 0.2) is 0 Å². The van der Waals surface area contributed by atoms with E-state index in [0.717, 1.165) is 12.1 Å². The third-order valence-corrected chi connectivity index (χ3v) is 5.63. The standard InChI is InChI=1S/C15H10Cl2F3N5OS/c16-10-5-8(22-14-23-13(21)24-25-14)6-11(17)12(10)27(26)9-3-1-2-7(4-9)15(18,19)20/h1-6H,(H4,21,22,23,24,25). The van der Waals surface area contributed by atoms with Gasteiger partial charge < -0.3 is 11.1 Å². The van der Waals surface area contributed by atoms with Crippen LogP contribution in [0.5, 0.6) is 0 Å². The van der Waals surface area contributed by atoms with E-state index >= 15 is 0 Å². The Bertz CT molecular complexity index is 1000. The maximum absolute atomic E-state index is 12.9. The first kappa shape index (κ1) is 19.5. The number of rotatable bonds is 4. The van der Waals surface area contributed by atoms with Gasteiger partial charge in [-0.25, -0.2) is 9.31 Å². The van der Waals surface area contributed by atoms with Crippen LogP contribution in [0.1, 0.15) is 5.56 Å². The summed E-state index contributed by atoms with van der Waals surface area (Å²) in [6.07, 6.45) is -4.56. The monoisotopic (exact) mass is 435 g/mol. The van der Waals surface area contributed by atoms with Crippen LogP contribution in [0.15, 0.2) is 46.2 Å². The Kier molecular flexibility index (Phi) is 5.31. The molecule has 27 heavy (non-hydrogen) atoms. The van der Waals surface area contributed by atoms with Crippen molar-refractivity contribution in [2.75, 3.05) is 11.1 Å². The second-order valence-corrected chi connectivity index (χ2v) is 7.46. The van der Waals surface area contributed by atoms with Gasteiger partial charge in [-0.15, -0.1) is 5.10 Å². The van der Waals surface area contributed by atoms with Gasteiger partial charge in [-0.05, 0) is 30.3 Å². The van der Waals surface area contributed by atoms with Crippen molar-refractivity contribution in [3.8, 4) is 0 Å². The summed E-state index contributed by atoms with van der Waals surface area (Å²) in [4.78, 5) is 3.78. The Hall–Kier alpha value is -2.30. The number of nitrogens with zero attached hydrogens (tertiary/aromatic N) is 2. The van der Waals surface area contributed by atoms with Crippen molar-refractivity contribution < 1.29 is 17.4 Å². The number of nitrogens with two attached hydrogens (primary N) is 1. The number of anilines is 3. The van der Waals surface area contributed by atoms with Crippen LogP contribution >= 0.6 is 23.2 Å². The van der Waals surface area contributed by atoms with E-state index < -0.39 is 22.5 Å². The highest BCUT2D eigenvalue weighted by Crippen LogP contribution is 2.36. The Morgan fingerprint density at radius 3 is 2.37 bits per heavy atom. The fourth-order valence-corrected chi connectivity index (χ4v) is 4.23. The van der Waals surface area contributed by atoms with Crippen molar-refractivity contribution in [3.63, 3.8) is 0 Å². The molecule has 4 N–H and O–H groups in total. The molecule has 0 radical (unpaired) electrons. The van der Waals surface area contributed by atoms with Gasteiger partial charge in [0, 0.05) is 10.6 Å². The van der Waals surface area contributed by atoms with Gasteiger partial charge in [0.1, 0.15) is 0 Å². The molecule has 6 nitrogen and oxygen atoms in total. The summed E-state index contributed by atoms with van der Waals surface area (Å²) >= 11 is 12.3. The van der Waals surface area contributed by atoms with Gasteiger partial charge in [-0.3, -0.25) is 0 Å². The van der Waals surface area contributed by atoms with E-state index in [1.165, 1.54) is 24.3 Å². The lowest BCUT2D eigenvalue weighted by Crippen LogP contribution is -2.06. The molecule has 1 heterocycles. The molecular weight excluding hydrogens is 426 g/mol. The SMILES string of the molecule is Nc1nc(Nc2cc(Cl)c(S(=O)c3cccc(C(F)(F)F)c3)c(Cl)c2)n[nH]1. The van der Waals surface area contributed by atoms with Crippen molar-refractivity contribution in [1.82, 2.24) is 15.2 Å². The normalized spacial score (nSPS) is 12.8. The Morgan fingerprint density at radius 1 is 1.15 bits per heavy atom. The van der Waals surface area contributed by atoms with Crippen molar-refractivity contribution in [3.05, 3.63) is 52.0 Å². The highest BCUT2D eigenvalue weighted by molar-refractivity contribution is 7.85. The van der Waals surface area contributed by atoms with Crippen molar-refractivity contribution in [2.24, 2.45) is 0 Å². The van der Waals surface area contributed by atoms with E-state index in [4.69, 9.17) is 28.9 Å². The zero-order valence-corrected chi connectivity index (χ0v) is 15.5. The molecule has 0 spiro atoms. The predicted octanol–water partition coefficient (Wildman–Crippen LogP) is 4.62. The summed E-state index contributed by atoms with van der Waals surface area (Å²) < 4.78 is 51.4. The number of aromatic amines is 1. The molecule has 12 heteroatoms. The minimum Gasteiger partial charge on any atom is -0.368 e. The summed E-state index contributed by atoms with van der Waals surface area (Å²) in [6.45, 7) is 0. The molecule has 0 fully saturated rings. The third kappa shape index (κ3) is 4.34. The van der Waals surface area contributed by atoms with E-state index in [2.05, 4.69) is 20.5 Å². The van der Waals surface area contributed by atoms with Gasteiger partial charge in [0.2, 0.25) is 11.9 Å². The maximum Gasteiger partial charge on any atom is 0.416 e. The first-order valence-electron chi connectivity index (χ1n) is 7.18. The van der Waals surface area contributed by atoms with E-state index in [-0.39, 0.29) is 31.7 Å². The van der Waals surface area contributed by atoms with Gasteiger partial charge in [0.05, 0.1) is 31.3 Å². The quantitative estimate of drug-likeness (QED) is 0.555. The summed E-state index contributed by atoms with van der Waals surface area (Å²) in [6, 6.07) is 6.97. The van der Waals surface area contributed by atoms with Crippen molar-refractivity contribution in [1.29, 1.82) is 0 Å². The zero-order chi connectivity index (χ0) is 19.8. The van der Waals surface area contributed by atoms with Crippen LogP contribution in [-0.4, -0.2) is 19.4 Å². The van der Waals surface area contributed by atoms with Crippen LogP contribution in [0.3, 0.4) is 0 Å². The first-order valence-corrected chi connectivity index (χ1v) is 9.08. The number of alkyl halides is 3. The molecule has 142 valence electrons. The fourth-order valence-electron chi connectivity index (χ4n) is 2.17. The van der Waals surface area contributed by atoms with E-state index in [1.54, 1.807) is 0 Å². The number of nitrogens with one attached hydrogen (secondary N) is 2. The van der Waals surface area contributed by atoms with Gasteiger partial charge >= 0.3 is 6.18 Å². The smallest absolute Gasteiger partial charge is 0.368 e. The van der Waals surface area contributed by atoms with E-state index in [9.17, 15) is 17.4 Å². The number of aromatic nitrogens is 3. The highest BCUT2D eigenvalue weighted by atomic mass is 35.5. The Morgan fingerprint density at radius 2 is 1.81 bits per heavy atom. The highest BCUT2D eigenvalue weighted by Gasteiger charge is 2.31. The number of hydrogen-bond acceptors (Lipinski definition) is 5. The molecule has 1 atom stereocenters. The van der Waals surface area contributed by atoms with Crippen LogP contribution in [0, 0.1) is 0 Å². The predicted molar refractivity (Wildman–Crippen MR) is 96.7 cm³/mol. The van der Waals surface area contributed by atoms with Crippen LogP contribution in [0.25, 0.3) is 0 Å². The average Bonchev–Trinajstić information content (AvgIpc) is 2.98. The van der Waals surface area contributed by atoms with Crippen molar-refractivity contribution >= 4 is 51.6 Å². The molecule has 1 unspecified atom stereocenters. The number of nitrogen functional groups attached to an aromatic ring is 1. The summed E-state index contributed by atoms with van der Waals surface area (Å²) in [7, 11) is -2.01. The van der Waals surface area contributed by atoms with Gasteiger partial charge in [-0.2, -0.15) is 18.2 Å². The molecule has 3 rings (SSSR count). The molecule has 0 saturated carbocycles. The first-order chi connectivity index (χ1) is 12.6. The molecule has 1 aromatic heterocycles. The van der Waals surface area contributed by atoms with Crippen LogP contribution in [0.4, 0.5) is 30.8 Å². The second kappa shape index (κ2) is 7.37. The molecule has 0 aliphatic heterocycles. The Balaban J connectivity index is 1.94. The Labute approximate surface area is 163 Å². The minimum atomic E-state index is -4.56. The molecule has 0 amide bonds. The molecule has 0 aliphatic rings. The molecule has 0 saturated heterocycles. The topological polar surface area (TPSA) is 96.7 Å².